The van der Waals surface area contributed by atoms with Crippen molar-refractivity contribution in [2.45, 2.75) is 38.5 Å². The van der Waals surface area contributed by atoms with Crippen molar-refractivity contribution >= 4 is 17.4 Å². The minimum absolute atomic E-state index is 0.464. The van der Waals surface area contributed by atoms with Gasteiger partial charge in [-0.25, -0.2) is 0 Å². The number of hydrogen-bond acceptors (Lipinski definition) is 1. The van der Waals surface area contributed by atoms with Crippen molar-refractivity contribution in [3.63, 3.8) is 0 Å². The Morgan fingerprint density at radius 1 is 1.07 bits per heavy atom. The van der Waals surface area contributed by atoms with E-state index in [4.69, 9.17) is 11.6 Å². The van der Waals surface area contributed by atoms with E-state index in [1.54, 1.807) is 0 Å². The zero-order chi connectivity index (χ0) is 10.7. The standard InChI is InChI=1S/C7H5Cl.C6H10O/c8-7-4-5-1-2-6(7)3-5;7-6-4-2-1-3-5-6/h1-2,4H,3H2;1-5H2. The van der Waals surface area contributed by atoms with Gasteiger partial charge in [-0.1, -0.05) is 30.2 Å². The molecule has 0 saturated heterocycles. The van der Waals surface area contributed by atoms with Gasteiger partial charge in [-0.3, -0.25) is 4.79 Å². The Labute approximate surface area is 95.5 Å². The quantitative estimate of drug-likeness (QED) is 0.608. The van der Waals surface area contributed by atoms with Crippen LogP contribution in [0.1, 0.15) is 38.5 Å². The van der Waals surface area contributed by atoms with Crippen LogP contribution in [0.4, 0.5) is 0 Å². The van der Waals surface area contributed by atoms with Crippen LogP contribution in [0.2, 0.25) is 0 Å². The first-order chi connectivity index (χ1) is 7.25. The molecule has 0 atom stereocenters. The fraction of sp³-hybridized carbons (Fsp3) is 0.462. The molecule has 3 rings (SSSR count). The highest BCUT2D eigenvalue weighted by Crippen LogP contribution is 2.34. The molecule has 0 aliphatic heterocycles. The minimum atomic E-state index is 0.464. The fourth-order valence-electron chi connectivity index (χ4n) is 2.01. The third-order valence-electron chi connectivity index (χ3n) is 2.92. The van der Waals surface area contributed by atoms with Crippen molar-refractivity contribution in [1.82, 2.24) is 0 Å². The Kier molecular flexibility index (Phi) is 3.42. The second kappa shape index (κ2) is 4.80. The van der Waals surface area contributed by atoms with Crippen LogP contribution in [-0.2, 0) is 4.79 Å². The Bertz CT molecular complexity index is 353. The second-order valence-electron chi connectivity index (χ2n) is 4.20. The van der Waals surface area contributed by atoms with E-state index >= 15 is 0 Å². The Morgan fingerprint density at radius 2 is 1.80 bits per heavy atom. The van der Waals surface area contributed by atoms with Crippen LogP contribution in [0.15, 0.2) is 34.4 Å². The fourth-order valence-corrected chi connectivity index (χ4v) is 2.28. The molecule has 1 saturated carbocycles. The summed E-state index contributed by atoms with van der Waals surface area (Å²) in [4.78, 5) is 10.5. The molecule has 2 heteroatoms. The molecule has 0 aromatic rings. The topological polar surface area (TPSA) is 17.1 Å². The van der Waals surface area contributed by atoms with Crippen LogP contribution in [0.5, 0.6) is 0 Å². The summed E-state index contributed by atoms with van der Waals surface area (Å²) < 4.78 is 0. The number of Topliss-reactive ketones (excluding diaryl/α,β-unsaturated/α-hetero) is 1. The molecule has 0 radical (unpaired) electrons. The van der Waals surface area contributed by atoms with Gasteiger partial charge in [0.25, 0.3) is 0 Å². The lowest BCUT2D eigenvalue weighted by Gasteiger charge is -2.05. The highest BCUT2D eigenvalue weighted by molar-refractivity contribution is 6.32. The number of fused-ring (bicyclic) bond motifs is 2. The van der Waals surface area contributed by atoms with Gasteiger partial charge in [0.2, 0.25) is 0 Å². The van der Waals surface area contributed by atoms with E-state index in [2.05, 4.69) is 12.2 Å². The summed E-state index contributed by atoms with van der Waals surface area (Å²) in [7, 11) is 0. The average Bonchev–Trinajstić information content (AvgIpc) is 2.81. The number of ketones is 1. The first kappa shape index (κ1) is 10.7. The summed E-state index contributed by atoms with van der Waals surface area (Å²) in [6.07, 6.45) is 12.5. The summed E-state index contributed by atoms with van der Waals surface area (Å²) in [5, 5.41) is 0.933. The average molecular weight is 223 g/mol. The van der Waals surface area contributed by atoms with Crippen LogP contribution in [0.25, 0.3) is 0 Å². The van der Waals surface area contributed by atoms with E-state index in [0.29, 0.717) is 5.78 Å². The van der Waals surface area contributed by atoms with Gasteiger partial charge >= 0.3 is 0 Å². The molecular weight excluding hydrogens is 208 g/mol. The predicted octanol–water partition coefficient (Wildman–Crippen LogP) is 3.90. The van der Waals surface area contributed by atoms with Crippen molar-refractivity contribution in [1.29, 1.82) is 0 Å². The lowest BCUT2D eigenvalue weighted by Crippen LogP contribution is -2.02. The third-order valence-corrected chi connectivity index (χ3v) is 3.28. The van der Waals surface area contributed by atoms with Gasteiger partial charge in [0.15, 0.2) is 0 Å². The maximum absolute atomic E-state index is 10.5. The summed E-state index contributed by atoms with van der Waals surface area (Å²) in [5.74, 6) is 0.464. The first-order valence-corrected chi connectivity index (χ1v) is 5.92. The number of allylic oxidation sites excluding steroid dienone is 6. The molecule has 0 aromatic heterocycles. The molecule has 0 spiro atoms. The Morgan fingerprint density at radius 3 is 2.07 bits per heavy atom. The van der Waals surface area contributed by atoms with Crippen LogP contribution in [-0.4, -0.2) is 5.78 Å². The largest absolute Gasteiger partial charge is 0.300 e. The van der Waals surface area contributed by atoms with Gasteiger partial charge in [0.05, 0.1) is 0 Å². The predicted molar refractivity (Wildman–Crippen MR) is 62.8 cm³/mol. The molecule has 1 nitrogen and oxygen atoms in total. The van der Waals surface area contributed by atoms with Crippen molar-refractivity contribution < 1.29 is 4.79 Å². The van der Waals surface area contributed by atoms with E-state index in [1.807, 2.05) is 6.08 Å². The highest BCUT2D eigenvalue weighted by Gasteiger charge is 2.14. The monoisotopic (exact) mass is 222 g/mol. The van der Waals surface area contributed by atoms with Gasteiger partial charge in [-0.15, -0.1) is 0 Å². The van der Waals surface area contributed by atoms with Crippen molar-refractivity contribution in [2.24, 2.45) is 0 Å². The Balaban J connectivity index is 0.000000115. The minimum Gasteiger partial charge on any atom is -0.300 e. The molecular formula is C13H15ClO. The molecule has 80 valence electrons. The lowest BCUT2D eigenvalue weighted by molar-refractivity contribution is -0.120. The van der Waals surface area contributed by atoms with Gasteiger partial charge in [-0.2, -0.15) is 0 Å². The van der Waals surface area contributed by atoms with Crippen molar-refractivity contribution in [2.75, 3.05) is 0 Å². The molecule has 0 amide bonds. The molecule has 3 aliphatic rings. The molecule has 2 bridgehead atoms. The number of carbonyl (C=O) groups is 1. The summed E-state index contributed by atoms with van der Waals surface area (Å²) >= 11 is 5.76. The number of carbonyl (C=O) groups excluding carboxylic acids is 1. The van der Waals surface area contributed by atoms with E-state index in [0.717, 1.165) is 37.1 Å². The normalized spacial score (nSPS) is 22.7. The van der Waals surface area contributed by atoms with Crippen molar-refractivity contribution in [3.05, 3.63) is 34.4 Å². The molecule has 0 unspecified atom stereocenters. The molecule has 1 fully saturated rings. The molecule has 0 aromatic carbocycles. The zero-order valence-corrected chi connectivity index (χ0v) is 9.52. The maximum Gasteiger partial charge on any atom is 0.132 e. The number of rotatable bonds is 0. The lowest BCUT2D eigenvalue weighted by atomic mass is 10.00. The first-order valence-electron chi connectivity index (χ1n) is 5.55. The number of halogens is 1. The smallest absolute Gasteiger partial charge is 0.132 e. The van der Waals surface area contributed by atoms with E-state index < -0.39 is 0 Å². The number of hydrogen-bond donors (Lipinski definition) is 0. The molecule has 15 heavy (non-hydrogen) atoms. The van der Waals surface area contributed by atoms with Crippen LogP contribution >= 0.6 is 11.6 Å². The SMILES string of the molecule is ClC1=C2C=CC(=C1)C2.O=C1CCCCC1. The zero-order valence-electron chi connectivity index (χ0n) is 8.76. The second-order valence-corrected chi connectivity index (χ2v) is 4.61. The third kappa shape index (κ3) is 2.82. The van der Waals surface area contributed by atoms with E-state index in [1.165, 1.54) is 17.6 Å². The van der Waals surface area contributed by atoms with E-state index in [9.17, 15) is 4.79 Å². The van der Waals surface area contributed by atoms with Gasteiger partial charge in [0, 0.05) is 17.9 Å². The van der Waals surface area contributed by atoms with Crippen LogP contribution in [0, 0.1) is 0 Å². The molecule has 0 heterocycles. The maximum atomic E-state index is 10.5. The van der Waals surface area contributed by atoms with E-state index in [-0.39, 0.29) is 0 Å². The molecule has 0 N–H and O–H groups in total. The summed E-state index contributed by atoms with van der Waals surface area (Å²) in [6.45, 7) is 0. The highest BCUT2D eigenvalue weighted by atomic mass is 35.5. The van der Waals surface area contributed by atoms with Gasteiger partial charge in [-0.05, 0) is 36.5 Å². The van der Waals surface area contributed by atoms with Crippen LogP contribution < -0.4 is 0 Å². The summed E-state index contributed by atoms with van der Waals surface area (Å²) in [5.41, 5.74) is 2.63. The summed E-state index contributed by atoms with van der Waals surface area (Å²) in [6, 6.07) is 0. The molecule has 3 aliphatic carbocycles. The Hall–Kier alpha value is -0.820. The van der Waals surface area contributed by atoms with Gasteiger partial charge < -0.3 is 0 Å². The van der Waals surface area contributed by atoms with Crippen molar-refractivity contribution in [3.8, 4) is 0 Å². The van der Waals surface area contributed by atoms with Gasteiger partial charge in [0.1, 0.15) is 5.78 Å². The van der Waals surface area contributed by atoms with Crippen LogP contribution in [0.3, 0.4) is 0 Å².